The van der Waals surface area contributed by atoms with Gasteiger partial charge in [-0.1, -0.05) is 0 Å². The highest BCUT2D eigenvalue weighted by molar-refractivity contribution is 5.94. The van der Waals surface area contributed by atoms with Crippen molar-refractivity contribution in [3.8, 4) is 0 Å². The Balaban J connectivity index is 1.71. The van der Waals surface area contributed by atoms with E-state index >= 15 is 0 Å². The SMILES string of the molecule is Cc1c[nH]cc(C(=O)N2CCC(c3ncc[nH]3)CC2)c1=O. The van der Waals surface area contributed by atoms with Gasteiger partial charge in [0.2, 0.25) is 0 Å². The lowest BCUT2D eigenvalue weighted by Crippen LogP contribution is -2.40. The molecule has 1 aliphatic rings. The molecule has 0 saturated carbocycles. The number of aryl methyl sites for hydroxylation is 1. The summed E-state index contributed by atoms with van der Waals surface area (Å²) in [4.78, 5) is 36.5. The summed E-state index contributed by atoms with van der Waals surface area (Å²) in [5.41, 5.74) is 0.602. The van der Waals surface area contributed by atoms with Crippen LogP contribution in [0, 0.1) is 6.92 Å². The lowest BCUT2D eigenvalue weighted by molar-refractivity contribution is 0.0709. The van der Waals surface area contributed by atoms with Crippen LogP contribution < -0.4 is 5.43 Å². The average molecular weight is 286 g/mol. The van der Waals surface area contributed by atoms with E-state index in [0.717, 1.165) is 18.7 Å². The second-order valence-electron chi connectivity index (χ2n) is 5.42. The molecule has 0 atom stereocenters. The summed E-state index contributed by atoms with van der Waals surface area (Å²) < 4.78 is 0. The van der Waals surface area contributed by atoms with Crippen molar-refractivity contribution in [3.63, 3.8) is 0 Å². The molecule has 1 fully saturated rings. The first kappa shape index (κ1) is 13.6. The van der Waals surface area contributed by atoms with E-state index in [1.165, 1.54) is 6.20 Å². The summed E-state index contributed by atoms with van der Waals surface area (Å²) in [7, 11) is 0. The molecule has 0 aliphatic carbocycles. The summed E-state index contributed by atoms with van der Waals surface area (Å²) in [6.07, 6.45) is 8.41. The van der Waals surface area contributed by atoms with Crippen molar-refractivity contribution in [2.45, 2.75) is 25.7 Å². The first-order valence-corrected chi connectivity index (χ1v) is 7.13. The predicted octanol–water partition coefficient (Wildman–Crippen LogP) is 1.43. The number of hydrogen-bond acceptors (Lipinski definition) is 3. The third-order valence-corrected chi connectivity index (χ3v) is 4.05. The Morgan fingerprint density at radius 3 is 2.76 bits per heavy atom. The smallest absolute Gasteiger partial charge is 0.259 e. The van der Waals surface area contributed by atoms with Crippen LogP contribution in [0.4, 0.5) is 0 Å². The number of nitrogens with zero attached hydrogens (tertiary/aromatic N) is 2. The lowest BCUT2D eigenvalue weighted by Gasteiger charge is -2.31. The van der Waals surface area contributed by atoms with Gasteiger partial charge < -0.3 is 14.9 Å². The van der Waals surface area contributed by atoms with Gasteiger partial charge in [-0.3, -0.25) is 9.59 Å². The number of likely N-dealkylation sites (tertiary alicyclic amines) is 1. The minimum absolute atomic E-state index is 0.183. The molecule has 2 aromatic rings. The Bertz CT molecular complexity index is 682. The number of nitrogens with one attached hydrogen (secondary N) is 2. The Kier molecular flexibility index (Phi) is 3.60. The number of piperidine rings is 1. The van der Waals surface area contributed by atoms with Crippen LogP contribution in [0.15, 0.2) is 29.6 Å². The molecule has 0 unspecified atom stereocenters. The van der Waals surface area contributed by atoms with E-state index in [1.807, 2.05) is 6.20 Å². The van der Waals surface area contributed by atoms with Crippen LogP contribution in [0.25, 0.3) is 0 Å². The Morgan fingerprint density at radius 1 is 1.33 bits per heavy atom. The van der Waals surface area contributed by atoms with Crippen LogP contribution in [-0.4, -0.2) is 38.8 Å². The van der Waals surface area contributed by atoms with Gasteiger partial charge in [0.05, 0.1) is 0 Å². The topological polar surface area (TPSA) is 81.8 Å². The molecular formula is C15H18N4O2. The number of aromatic nitrogens is 3. The number of carbonyl (C=O) groups excluding carboxylic acids is 1. The van der Waals surface area contributed by atoms with E-state index in [2.05, 4.69) is 15.0 Å². The molecule has 0 radical (unpaired) electrons. The molecule has 2 aromatic heterocycles. The molecule has 6 heteroatoms. The molecule has 6 nitrogen and oxygen atoms in total. The second kappa shape index (κ2) is 5.55. The van der Waals surface area contributed by atoms with Crippen LogP contribution in [0.2, 0.25) is 0 Å². The summed E-state index contributed by atoms with van der Waals surface area (Å²) in [5, 5.41) is 0. The van der Waals surface area contributed by atoms with Crippen LogP contribution in [0.3, 0.4) is 0 Å². The molecule has 3 heterocycles. The molecule has 1 saturated heterocycles. The molecule has 110 valence electrons. The zero-order chi connectivity index (χ0) is 14.8. The van der Waals surface area contributed by atoms with Gasteiger partial charge in [0, 0.05) is 49.4 Å². The van der Waals surface area contributed by atoms with Crippen molar-refractivity contribution in [1.29, 1.82) is 0 Å². The van der Waals surface area contributed by atoms with Gasteiger partial charge in [0.1, 0.15) is 11.4 Å². The highest BCUT2D eigenvalue weighted by atomic mass is 16.2. The molecule has 0 aromatic carbocycles. The number of pyridine rings is 1. The first-order chi connectivity index (χ1) is 10.2. The number of amides is 1. The molecule has 0 spiro atoms. The highest BCUT2D eigenvalue weighted by Crippen LogP contribution is 2.25. The summed E-state index contributed by atoms with van der Waals surface area (Å²) in [5.74, 6) is 1.16. The third kappa shape index (κ3) is 2.61. The average Bonchev–Trinajstić information content (AvgIpc) is 3.04. The Morgan fingerprint density at radius 2 is 2.10 bits per heavy atom. The number of H-pyrrole nitrogens is 2. The first-order valence-electron chi connectivity index (χ1n) is 7.13. The molecule has 1 aliphatic heterocycles. The Hall–Kier alpha value is -2.37. The number of aromatic amines is 2. The summed E-state index contributed by atoms with van der Waals surface area (Å²) in [6, 6.07) is 0. The van der Waals surface area contributed by atoms with E-state index in [1.54, 1.807) is 24.2 Å². The van der Waals surface area contributed by atoms with Crippen LogP contribution in [0.1, 0.15) is 40.5 Å². The van der Waals surface area contributed by atoms with Crippen molar-refractivity contribution in [3.05, 3.63) is 52.0 Å². The number of imidazole rings is 1. The van der Waals surface area contributed by atoms with Crippen molar-refractivity contribution in [1.82, 2.24) is 19.9 Å². The van der Waals surface area contributed by atoms with Crippen LogP contribution in [0.5, 0.6) is 0 Å². The van der Waals surface area contributed by atoms with E-state index in [0.29, 0.717) is 24.6 Å². The fourth-order valence-corrected chi connectivity index (χ4v) is 2.78. The standard InChI is InChI=1S/C15H18N4O2/c1-10-8-16-9-12(13(10)20)15(21)19-6-2-11(3-7-19)14-17-4-5-18-14/h4-5,8-9,11H,2-3,6-7H2,1H3,(H,16,20)(H,17,18). The predicted molar refractivity (Wildman–Crippen MR) is 78.3 cm³/mol. The third-order valence-electron chi connectivity index (χ3n) is 4.05. The van der Waals surface area contributed by atoms with Crippen LogP contribution in [-0.2, 0) is 0 Å². The fraction of sp³-hybridized carbons (Fsp3) is 0.400. The van der Waals surface area contributed by atoms with Gasteiger partial charge in [0.15, 0.2) is 5.43 Å². The van der Waals surface area contributed by atoms with E-state index < -0.39 is 0 Å². The maximum absolute atomic E-state index is 12.4. The maximum atomic E-state index is 12.4. The van der Waals surface area contributed by atoms with E-state index in [-0.39, 0.29) is 16.9 Å². The molecule has 21 heavy (non-hydrogen) atoms. The van der Waals surface area contributed by atoms with Crippen molar-refractivity contribution in [2.24, 2.45) is 0 Å². The molecule has 0 bridgehead atoms. The maximum Gasteiger partial charge on any atom is 0.259 e. The van der Waals surface area contributed by atoms with Gasteiger partial charge in [-0.25, -0.2) is 4.98 Å². The van der Waals surface area contributed by atoms with Crippen LogP contribution >= 0.6 is 0 Å². The molecular weight excluding hydrogens is 268 g/mol. The van der Waals surface area contributed by atoms with Crippen molar-refractivity contribution >= 4 is 5.91 Å². The highest BCUT2D eigenvalue weighted by Gasteiger charge is 2.26. The van der Waals surface area contributed by atoms with Gasteiger partial charge in [0.25, 0.3) is 5.91 Å². The largest absolute Gasteiger partial charge is 0.366 e. The van der Waals surface area contributed by atoms with Crippen molar-refractivity contribution in [2.75, 3.05) is 13.1 Å². The van der Waals surface area contributed by atoms with Gasteiger partial charge in [-0.2, -0.15) is 0 Å². The monoisotopic (exact) mass is 286 g/mol. The second-order valence-corrected chi connectivity index (χ2v) is 5.42. The number of hydrogen-bond donors (Lipinski definition) is 2. The fourth-order valence-electron chi connectivity index (χ4n) is 2.78. The molecule has 2 N–H and O–H groups in total. The zero-order valence-electron chi connectivity index (χ0n) is 11.9. The molecule has 1 amide bonds. The minimum Gasteiger partial charge on any atom is -0.366 e. The minimum atomic E-state index is -0.188. The van der Waals surface area contributed by atoms with E-state index in [4.69, 9.17) is 0 Å². The molecule has 3 rings (SSSR count). The quantitative estimate of drug-likeness (QED) is 0.876. The number of rotatable bonds is 2. The van der Waals surface area contributed by atoms with Crippen molar-refractivity contribution < 1.29 is 4.79 Å². The van der Waals surface area contributed by atoms with Gasteiger partial charge in [-0.05, 0) is 19.8 Å². The summed E-state index contributed by atoms with van der Waals surface area (Å²) >= 11 is 0. The normalized spacial score (nSPS) is 16.1. The lowest BCUT2D eigenvalue weighted by atomic mass is 9.95. The summed E-state index contributed by atoms with van der Waals surface area (Å²) in [6.45, 7) is 3.01. The Labute approximate surface area is 122 Å². The van der Waals surface area contributed by atoms with E-state index in [9.17, 15) is 9.59 Å². The number of carbonyl (C=O) groups is 1. The zero-order valence-corrected chi connectivity index (χ0v) is 11.9. The van der Waals surface area contributed by atoms with Gasteiger partial charge >= 0.3 is 0 Å². The van der Waals surface area contributed by atoms with Gasteiger partial charge in [-0.15, -0.1) is 0 Å².